The summed E-state index contributed by atoms with van der Waals surface area (Å²) in [5.74, 6) is 0.842. The van der Waals surface area contributed by atoms with Gasteiger partial charge in [0.2, 0.25) is 0 Å². The molecule has 1 nitrogen and oxygen atoms in total. The first-order chi connectivity index (χ1) is 8.63. The molecule has 0 spiro atoms. The van der Waals surface area contributed by atoms with Crippen molar-refractivity contribution in [2.24, 2.45) is 0 Å². The zero-order valence-corrected chi connectivity index (χ0v) is 12.1. The quantitative estimate of drug-likeness (QED) is 0.740. The first kappa shape index (κ1) is 13.6. The van der Waals surface area contributed by atoms with E-state index in [0.29, 0.717) is 0 Å². The number of hydrogen-bond donors (Lipinski definition) is 1. The first-order valence-corrected chi connectivity index (χ1v) is 7.44. The zero-order chi connectivity index (χ0) is 13.0. The van der Waals surface area contributed by atoms with Gasteiger partial charge in [-0.2, -0.15) is 0 Å². The average Bonchev–Trinajstić information content (AvgIpc) is 2.27. The first-order valence-electron chi connectivity index (χ1n) is 7.44. The van der Waals surface area contributed by atoms with Crippen LogP contribution in [0.3, 0.4) is 0 Å². The molecule has 1 aliphatic rings. The van der Waals surface area contributed by atoms with Crippen molar-refractivity contribution in [3.63, 3.8) is 0 Å². The van der Waals surface area contributed by atoms with Gasteiger partial charge in [-0.1, -0.05) is 51.5 Å². The fraction of sp³-hybridized carbons (Fsp3) is 0.647. The van der Waals surface area contributed by atoms with E-state index in [-0.39, 0.29) is 5.41 Å². The normalized spacial score (nSPS) is 16.6. The maximum atomic E-state index is 3.43. The Kier molecular flexibility index (Phi) is 4.45. The van der Waals surface area contributed by atoms with E-state index in [1.54, 1.807) is 5.56 Å². The van der Waals surface area contributed by atoms with Crippen molar-refractivity contribution in [1.82, 2.24) is 5.32 Å². The Balaban J connectivity index is 2.06. The summed E-state index contributed by atoms with van der Waals surface area (Å²) in [6, 6.07) is 9.32. The van der Waals surface area contributed by atoms with Gasteiger partial charge < -0.3 is 5.32 Å². The van der Waals surface area contributed by atoms with Crippen LogP contribution in [0.2, 0.25) is 0 Å². The minimum atomic E-state index is 0.280. The summed E-state index contributed by atoms with van der Waals surface area (Å²) in [7, 11) is 0. The second kappa shape index (κ2) is 5.88. The van der Waals surface area contributed by atoms with Crippen LogP contribution in [0.25, 0.3) is 0 Å². The van der Waals surface area contributed by atoms with Crippen molar-refractivity contribution in [3.05, 3.63) is 35.4 Å². The SMILES string of the molecule is CCNCCC(C)(C)c1cccc(C2CCC2)c1. The summed E-state index contributed by atoms with van der Waals surface area (Å²) in [4.78, 5) is 0. The lowest BCUT2D eigenvalue weighted by Crippen LogP contribution is -2.25. The Morgan fingerprint density at radius 3 is 2.67 bits per heavy atom. The average molecular weight is 245 g/mol. The molecule has 0 aromatic heterocycles. The molecule has 0 atom stereocenters. The molecule has 1 saturated carbocycles. The summed E-state index contributed by atoms with van der Waals surface area (Å²) < 4.78 is 0. The molecule has 2 rings (SSSR count). The molecular formula is C17H27N. The highest BCUT2D eigenvalue weighted by Crippen LogP contribution is 2.38. The summed E-state index contributed by atoms with van der Waals surface area (Å²) >= 11 is 0. The Labute approximate surface area is 112 Å². The highest BCUT2D eigenvalue weighted by atomic mass is 14.8. The van der Waals surface area contributed by atoms with Crippen LogP contribution in [0.1, 0.15) is 63.5 Å². The molecule has 1 aromatic carbocycles. The third-order valence-electron chi connectivity index (χ3n) is 4.42. The largest absolute Gasteiger partial charge is 0.317 e. The lowest BCUT2D eigenvalue weighted by atomic mass is 9.76. The number of hydrogen-bond acceptors (Lipinski definition) is 1. The smallest absolute Gasteiger partial charge is 0.00407 e. The Bertz CT molecular complexity index is 377. The molecule has 0 unspecified atom stereocenters. The third-order valence-corrected chi connectivity index (χ3v) is 4.42. The van der Waals surface area contributed by atoms with Gasteiger partial charge in [-0.25, -0.2) is 0 Å². The second-order valence-corrected chi connectivity index (χ2v) is 6.24. The monoisotopic (exact) mass is 245 g/mol. The van der Waals surface area contributed by atoms with Crippen molar-refractivity contribution in [1.29, 1.82) is 0 Å². The molecule has 0 heterocycles. The van der Waals surface area contributed by atoms with E-state index in [1.165, 1.54) is 31.2 Å². The molecule has 0 saturated heterocycles. The summed E-state index contributed by atoms with van der Waals surface area (Å²) in [5.41, 5.74) is 3.35. The van der Waals surface area contributed by atoms with Crippen molar-refractivity contribution in [3.8, 4) is 0 Å². The van der Waals surface area contributed by atoms with Crippen molar-refractivity contribution >= 4 is 0 Å². The van der Waals surface area contributed by atoms with Gasteiger partial charge in [-0.15, -0.1) is 0 Å². The highest BCUT2D eigenvalue weighted by molar-refractivity contribution is 5.32. The van der Waals surface area contributed by atoms with Gasteiger partial charge in [-0.3, -0.25) is 0 Å². The molecule has 0 amide bonds. The van der Waals surface area contributed by atoms with E-state index >= 15 is 0 Å². The maximum Gasteiger partial charge on any atom is -0.00407 e. The van der Waals surface area contributed by atoms with Gasteiger partial charge in [0.15, 0.2) is 0 Å². The van der Waals surface area contributed by atoms with E-state index < -0.39 is 0 Å². The van der Waals surface area contributed by atoms with Crippen LogP contribution in [0, 0.1) is 0 Å². The van der Waals surface area contributed by atoms with Crippen LogP contribution >= 0.6 is 0 Å². The van der Waals surface area contributed by atoms with Gasteiger partial charge in [0.1, 0.15) is 0 Å². The molecule has 18 heavy (non-hydrogen) atoms. The highest BCUT2D eigenvalue weighted by Gasteiger charge is 2.23. The molecular weight excluding hydrogens is 218 g/mol. The molecule has 1 aromatic rings. The second-order valence-electron chi connectivity index (χ2n) is 6.24. The maximum absolute atomic E-state index is 3.43. The summed E-state index contributed by atoms with van der Waals surface area (Å²) in [5, 5.41) is 3.43. The molecule has 1 N–H and O–H groups in total. The Morgan fingerprint density at radius 1 is 1.28 bits per heavy atom. The summed E-state index contributed by atoms with van der Waals surface area (Å²) in [6.07, 6.45) is 5.40. The van der Waals surface area contributed by atoms with Crippen LogP contribution in [0.4, 0.5) is 0 Å². The van der Waals surface area contributed by atoms with Crippen LogP contribution in [0.5, 0.6) is 0 Å². The predicted molar refractivity (Wildman–Crippen MR) is 79.2 cm³/mol. The van der Waals surface area contributed by atoms with E-state index in [0.717, 1.165) is 19.0 Å². The minimum absolute atomic E-state index is 0.280. The van der Waals surface area contributed by atoms with Crippen LogP contribution in [0.15, 0.2) is 24.3 Å². The molecule has 0 aliphatic heterocycles. The lowest BCUT2D eigenvalue weighted by molar-refractivity contribution is 0.416. The van der Waals surface area contributed by atoms with Gasteiger partial charge in [-0.05, 0) is 54.8 Å². The van der Waals surface area contributed by atoms with Gasteiger partial charge >= 0.3 is 0 Å². The van der Waals surface area contributed by atoms with Crippen LogP contribution in [-0.2, 0) is 5.41 Å². The van der Waals surface area contributed by atoms with E-state index in [1.807, 2.05) is 0 Å². The summed E-state index contributed by atoms with van der Waals surface area (Å²) in [6.45, 7) is 9.08. The fourth-order valence-electron chi connectivity index (χ4n) is 2.68. The molecule has 1 heteroatoms. The van der Waals surface area contributed by atoms with E-state index in [2.05, 4.69) is 50.4 Å². The lowest BCUT2D eigenvalue weighted by Gasteiger charge is -2.30. The third kappa shape index (κ3) is 3.14. The topological polar surface area (TPSA) is 12.0 Å². The molecule has 0 bridgehead atoms. The van der Waals surface area contributed by atoms with Gasteiger partial charge in [0.05, 0.1) is 0 Å². The molecule has 100 valence electrons. The number of nitrogens with one attached hydrogen (secondary N) is 1. The predicted octanol–water partition coefficient (Wildman–Crippen LogP) is 4.23. The van der Waals surface area contributed by atoms with Crippen LogP contribution in [-0.4, -0.2) is 13.1 Å². The van der Waals surface area contributed by atoms with E-state index in [9.17, 15) is 0 Å². The molecule has 0 radical (unpaired) electrons. The van der Waals surface area contributed by atoms with Crippen LogP contribution < -0.4 is 5.32 Å². The van der Waals surface area contributed by atoms with E-state index in [4.69, 9.17) is 0 Å². The minimum Gasteiger partial charge on any atom is -0.317 e. The number of rotatable bonds is 6. The van der Waals surface area contributed by atoms with Gasteiger partial charge in [0, 0.05) is 0 Å². The van der Waals surface area contributed by atoms with Crippen molar-refractivity contribution < 1.29 is 0 Å². The standard InChI is InChI=1S/C17H27N/c1-4-18-12-11-17(2,3)16-10-6-9-15(13-16)14-7-5-8-14/h6,9-10,13-14,18H,4-5,7-8,11-12H2,1-3H3. The van der Waals surface area contributed by atoms with Gasteiger partial charge in [0.25, 0.3) is 0 Å². The molecule has 1 aliphatic carbocycles. The zero-order valence-electron chi connectivity index (χ0n) is 12.1. The fourth-order valence-corrected chi connectivity index (χ4v) is 2.68. The van der Waals surface area contributed by atoms with Crippen molar-refractivity contribution in [2.45, 2.75) is 57.8 Å². The Morgan fingerprint density at radius 2 is 2.06 bits per heavy atom. The number of benzene rings is 1. The molecule has 1 fully saturated rings. The van der Waals surface area contributed by atoms with Crippen molar-refractivity contribution in [2.75, 3.05) is 13.1 Å². The Hall–Kier alpha value is -0.820.